The zero-order valence-corrected chi connectivity index (χ0v) is 11.2. The van der Waals surface area contributed by atoms with Crippen LogP contribution in [-0.4, -0.2) is 34.8 Å². The van der Waals surface area contributed by atoms with Crippen LogP contribution in [-0.2, 0) is 0 Å². The standard InChI is InChI=1S/C12H16ClN5O/c13-10-9(3-5-19-10)11-15-12(17-16-11)18-4-1-2-8(6-14)7-18/h3,5,8H,1-2,4,6-7,14H2,(H,15,16,17). The molecular weight excluding hydrogens is 266 g/mol. The van der Waals surface area contributed by atoms with Gasteiger partial charge in [0.25, 0.3) is 0 Å². The van der Waals surface area contributed by atoms with E-state index in [9.17, 15) is 0 Å². The smallest absolute Gasteiger partial charge is 0.245 e. The van der Waals surface area contributed by atoms with Crippen LogP contribution in [0.2, 0.25) is 5.22 Å². The highest BCUT2D eigenvalue weighted by Gasteiger charge is 2.22. The maximum absolute atomic E-state index is 5.93. The summed E-state index contributed by atoms with van der Waals surface area (Å²) in [4.78, 5) is 6.64. The number of anilines is 1. The minimum Gasteiger partial charge on any atom is -0.452 e. The van der Waals surface area contributed by atoms with Crippen molar-refractivity contribution in [2.24, 2.45) is 11.7 Å². The van der Waals surface area contributed by atoms with Crippen molar-refractivity contribution in [3.8, 4) is 11.4 Å². The van der Waals surface area contributed by atoms with Gasteiger partial charge in [-0.3, -0.25) is 5.10 Å². The lowest BCUT2D eigenvalue weighted by Gasteiger charge is -2.31. The molecule has 1 atom stereocenters. The normalized spacial score (nSPS) is 19.9. The number of rotatable bonds is 3. The summed E-state index contributed by atoms with van der Waals surface area (Å²) in [5.41, 5.74) is 6.47. The van der Waals surface area contributed by atoms with Crippen molar-refractivity contribution >= 4 is 17.5 Å². The molecule has 2 aromatic heterocycles. The van der Waals surface area contributed by atoms with Gasteiger partial charge in [0, 0.05) is 13.1 Å². The Hall–Kier alpha value is -1.53. The van der Waals surface area contributed by atoms with Crippen LogP contribution in [0, 0.1) is 5.92 Å². The van der Waals surface area contributed by atoms with Crippen molar-refractivity contribution < 1.29 is 4.42 Å². The zero-order valence-electron chi connectivity index (χ0n) is 10.5. The molecule has 1 aliphatic heterocycles. The molecule has 2 aromatic rings. The van der Waals surface area contributed by atoms with Gasteiger partial charge in [-0.2, -0.15) is 4.98 Å². The Morgan fingerprint density at radius 3 is 3.21 bits per heavy atom. The predicted octanol–water partition coefficient (Wildman–Crippen LogP) is 1.89. The highest BCUT2D eigenvalue weighted by Crippen LogP contribution is 2.27. The van der Waals surface area contributed by atoms with E-state index < -0.39 is 0 Å². The number of hydrogen-bond donors (Lipinski definition) is 2. The minimum atomic E-state index is 0.321. The van der Waals surface area contributed by atoms with E-state index >= 15 is 0 Å². The predicted molar refractivity (Wildman–Crippen MR) is 73.1 cm³/mol. The van der Waals surface area contributed by atoms with Crippen molar-refractivity contribution in [2.45, 2.75) is 12.8 Å². The van der Waals surface area contributed by atoms with Gasteiger partial charge in [-0.15, -0.1) is 5.10 Å². The van der Waals surface area contributed by atoms with Crippen LogP contribution in [0.1, 0.15) is 12.8 Å². The molecule has 3 N–H and O–H groups in total. The van der Waals surface area contributed by atoms with E-state index in [-0.39, 0.29) is 0 Å². The summed E-state index contributed by atoms with van der Waals surface area (Å²) in [5, 5.41) is 7.48. The molecule has 0 aliphatic carbocycles. The number of hydrogen-bond acceptors (Lipinski definition) is 5. The van der Waals surface area contributed by atoms with Gasteiger partial charge in [0.15, 0.2) is 5.82 Å². The van der Waals surface area contributed by atoms with Crippen molar-refractivity contribution in [1.29, 1.82) is 0 Å². The molecule has 3 rings (SSSR count). The number of H-pyrrole nitrogens is 1. The Morgan fingerprint density at radius 2 is 2.47 bits per heavy atom. The average Bonchev–Trinajstić information content (AvgIpc) is 3.07. The summed E-state index contributed by atoms with van der Waals surface area (Å²) in [5.74, 6) is 1.85. The molecule has 0 amide bonds. The first-order valence-electron chi connectivity index (χ1n) is 6.38. The zero-order chi connectivity index (χ0) is 13.2. The molecule has 0 spiro atoms. The fourth-order valence-electron chi connectivity index (χ4n) is 2.42. The lowest BCUT2D eigenvalue weighted by atomic mass is 9.99. The van der Waals surface area contributed by atoms with Gasteiger partial charge in [0.05, 0.1) is 11.8 Å². The van der Waals surface area contributed by atoms with Gasteiger partial charge in [0.2, 0.25) is 11.2 Å². The Morgan fingerprint density at radius 1 is 1.58 bits per heavy atom. The number of halogens is 1. The van der Waals surface area contributed by atoms with Crippen molar-refractivity contribution in [1.82, 2.24) is 15.2 Å². The number of nitrogens with one attached hydrogen (secondary N) is 1. The first-order valence-corrected chi connectivity index (χ1v) is 6.76. The van der Waals surface area contributed by atoms with Gasteiger partial charge in [0.1, 0.15) is 0 Å². The van der Waals surface area contributed by atoms with E-state index in [1.165, 1.54) is 12.7 Å². The molecule has 7 heteroatoms. The number of furan rings is 1. The largest absolute Gasteiger partial charge is 0.452 e. The van der Waals surface area contributed by atoms with Crippen LogP contribution in [0.5, 0.6) is 0 Å². The fourth-order valence-corrected chi connectivity index (χ4v) is 2.62. The van der Waals surface area contributed by atoms with Crippen LogP contribution in [0.15, 0.2) is 16.7 Å². The molecular formula is C12H16ClN5O. The molecule has 1 unspecified atom stereocenters. The van der Waals surface area contributed by atoms with Gasteiger partial charge >= 0.3 is 0 Å². The number of nitrogens with zero attached hydrogens (tertiary/aromatic N) is 3. The number of piperidine rings is 1. The second-order valence-electron chi connectivity index (χ2n) is 4.78. The SMILES string of the molecule is NCC1CCCN(c2n[nH]c(-c3ccoc3Cl)n2)C1. The second-order valence-corrected chi connectivity index (χ2v) is 5.13. The summed E-state index contributed by atoms with van der Waals surface area (Å²) in [6.07, 6.45) is 3.83. The van der Waals surface area contributed by atoms with Gasteiger partial charge in [-0.05, 0) is 43.0 Å². The highest BCUT2D eigenvalue weighted by molar-refractivity contribution is 6.31. The monoisotopic (exact) mass is 281 g/mol. The summed E-state index contributed by atoms with van der Waals surface area (Å²) in [6, 6.07) is 1.77. The Kier molecular flexibility index (Phi) is 3.44. The average molecular weight is 282 g/mol. The first kappa shape index (κ1) is 12.5. The molecule has 1 saturated heterocycles. The lowest BCUT2D eigenvalue weighted by Crippen LogP contribution is -2.38. The van der Waals surface area contributed by atoms with Crippen LogP contribution in [0.3, 0.4) is 0 Å². The lowest BCUT2D eigenvalue weighted by molar-refractivity contribution is 0.420. The molecule has 6 nitrogen and oxygen atoms in total. The summed E-state index contributed by atoms with van der Waals surface area (Å²) in [7, 11) is 0. The molecule has 0 aromatic carbocycles. The fraction of sp³-hybridized carbons (Fsp3) is 0.500. The topological polar surface area (TPSA) is 84.0 Å². The number of aromatic amines is 1. The van der Waals surface area contributed by atoms with Gasteiger partial charge in [-0.1, -0.05) is 0 Å². The molecule has 0 radical (unpaired) electrons. The molecule has 102 valence electrons. The van der Waals surface area contributed by atoms with E-state index in [0.717, 1.165) is 25.1 Å². The van der Waals surface area contributed by atoms with E-state index in [0.29, 0.717) is 29.5 Å². The third kappa shape index (κ3) is 2.46. The maximum atomic E-state index is 5.93. The van der Waals surface area contributed by atoms with Crippen molar-refractivity contribution in [2.75, 3.05) is 24.5 Å². The van der Waals surface area contributed by atoms with Crippen LogP contribution in [0.25, 0.3) is 11.4 Å². The van der Waals surface area contributed by atoms with Crippen LogP contribution in [0.4, 0.5) is 5.95 Å². The highest BCUT2D eigenvalue weighted by atomic mass is 35.5. The summed E-state index contributed by atoms with van der Waals surface area (Å²) >= 11 is 5.93. The second kappa shape index (κ2) is 5.22. The van der Waals surface area contributed by atoms with E-state index in [1.807, 2.05) is 0 Å². The van der Waals surface area contributed by atoms with Gasteiger partial charge < -0.3 is 15.1 Å². The molecule has 1 fully saturated rings. The molecule has 1 aliphatic rings. The third-order valence-corrected chi connectivity index (χ3v) is 3.77. The minimum absolute atomic E-state index is 0.321. The first-order chi connectivity index (χ1) is 9.28. The molecule has 19 heavy (non-hydrogen) atoms. The van der Waals surface area contributed by atoms with Gasteiger partial charge in [-0.25, -0.2) is 0 Å². The number of aromatic nitrogens is 3. The van der Waals surface area contributed by atoms with E-state index in [1.54, 1.807) is 6.07 Å². The Bertz CT molecular complexity index is 552. The Labute approximate surface area is 115 Å². The van der Waals surface area contributed by atoms with Crippen LogP contribution < -0.4 is 10.6 Å². The number of nitrogens with two attached hydrogens (primary N) is 1. The quantitative estimate of drug-likeness (QED) is 0.897. The molecule has 0 bridgehead atoms. The maximum Gasteiger partial charge on any atom is 0.245 e. The third-order valence-electron chi connectivity index (χ3n) is 3.48. The van der Waals surface area contributed by atoms with E-state index in [4.69, 9.17) is 21.8 Å². The molecule has 3 heterocycles. The van der Waals surface area contributed by atoms with Crippen molar-refractivity contribution in [3.05, 3.63) is 17.5 Å². The summed E-state index contributed by atoms with van der Waals surface area (Å²) < 4.78 is 5.06. The summed E-state index contributed by atoms with van der Waals surface area (Å²) in [6.45, 7) is 2.58. The van der Waals surface area contributed by atoms with Crippen molar-refractivity contribution in [3.63, 3.8) is 0 Å². The van der Waals surface area contributed by atoms with Crippen LogP contribution >= 0.6 is 11.6 Å². The Balaban J connectivity index is 1.79. The van der Waals surface area contributed by atoms with E-state index in [2.05, 4.69) is 20.1 Å². The molecule has 0 saturated carbocycles.